The summed E-state index contributed by atoms with van der Waals surface area (Å²) in [7, 11) is 1.69. The van der Waals surface area contributed by atoms with Crippen LogP contribution in [0.5, 0.6) is 0 Å². The molecule has 0 saturated heterocycles. The van der Waals surface area contributed by atoms with Crippen molar-refractivity contribution in [2.45, 2.75) is 6.54 Å². The Morgan fingerprint density at radius 3 is 2.94 bits per heavy atom. The molecule has 18 heavy (non-hydrogen) atoms. The van der Waals surface area contributed by atoms with E-state index in [2.05, 4.69) is 15.0 Å². The quantitative estimate of drug-likeness (QED) is 0.486. The SMILES string of the molecule is CN(Cc1cscn1)c1nc(Cl)ncc1[N+](=O)[O-]. The van der Waals surface area contributed by atoms with Gasteiger partial charge in [-0.1, -0.05) is 0 Å². The fourth-order valence-corrected chi connectivity index (χ4v) is 2.07. The van der Waals surface area contributed by atoms with Gasteiger partial charge in [0.05, 0.1) is 22.7 Å². The Morgan fingerprint density at radius 1 is 1.56 bits per heavy atom. The zero-order valence-corrected chi connectivity index (χ0v) is 10.9. The van der Waals surface area contributed by atoms with Crippen LogP contribution >= 0.6 is 22.9 Å². The molecule has 0 N–H and O–H groups in total. The molecule has 2 rings (SSSR count). The Balaban J connectivity index is 2.31. The number of nitrogens with zero attached hydrogens (tertiary/aromatic N) is 5. The van der Waals surface area contributed by atoms with Gasteiger partial charge < -0.3 is 4.90 Å². The number of rotatable bonds is 4. The van der Waals surface area contributed by atoms with Gasteiger partial charge in [0.25, 0.3) is 0 Å². The van der Waals surface area contributed by atoms with Gasteiger partial charge >= 0.3 is 5.69 Å². The van der Waals surface area contributed by atoms with Crippen molar-refractivity contribution in [1.29, 1.82) is 0 Å². The van der Waals surface area contributed by atoms with Crippen molar-refractivity contribution in [1.82, 2.24) is 15.0 Å². The predicted octanol–water partition coefficient (Wildman–Crippen LogP) is 2.13. The summed E-state index contributed by atoms with van der Waals surface area (Å²) >= 11 is 7.12. The Bertz CT molecular complexity index is 562. The summed E-state index contributed by atoms with van der Waals surface area (Å²) < 4.78 is 0. The molecule has 2 aromatic rings. The Labute approximate surface area is 111 Å². The molecular weight excluding hydrogens is 278 g/mol. The summed E-state index contributed by atoms with van der Waals surface area (Å²) in [5.74, 6) is 0.174. The van der Waals surface area contributed by atoms with Crippen LogP contribution < -0.4 is 4.90 Å². The summed E-state index contributed by atoms with van der Waals surface area (Å²) in [6.45, 7) is 0.414. The van der Waals surface area contributed by atoms with Gasteiger partial charge in [-0.05, 0) is 11.6 Å². The van der Waals surface area contributed by atoms with E-state index in [-0.39, 0.29) is 16.8 Å². The molecule has 0 amide bonds. The van der Waals surface area contributed by atoms with Crippen LogP contribution in [0.1, 0.15) is 5.69 Å². The Kier molecular flexibility index (Phi) is 3.68. The molecule has 0 fully saturated rings. The molecule has 0 radical (unpaired) electrons. The molecule has 2 aromatic heterocycles. The van der Waals surface area contributed by atoms with E-state index in [0.29, 0.717) is 6.54 Å². The van der Waals surface area contributed by atoms with E-state index >= 15 is 0 Å². The van der Waals surface area contributed by atoms with E-state index < -0.39 is 4.92 Å². The highest BCUT2D eigenvalue weighted by molar-refractivity contribution is 7.07. The second-order valence-electron chi connectivity index (χ2n) is 3.44. The number of hydrogen-bond donors (Lipinski definition) is 0. The molecule has 0 aromatic carbocycles. The third-order valence-corrected chi connectivity index (χ3v) is 2.98. The van der Waals surface area contributed by atoms with E-state index in [1.165, 1.54) is 11.3 Å². The zero-order valence-electron chi connectivity index (χ0n) is 9.28. The summed E-state index contributed by atoms with van der Waals surface area (Å²) in [5, 5.41) is 12.7. The van der Waals surface area contributed by atoms with Gasteiger partial charge in [-0.25, -0.2) is 9.97 Å². The van der Waals surface area contributed by atoms with Crippen molar-refractivity contribution in [2.24, 2.45) is 0 Å². The van der Waals surface area contributed by atoms with Gasteiger partial charge in [-0.3, -0.25) is 10.1 Å². The highest BCUT2D eigenvalue weighted by Gasteiger charge is 2.20. The predicted molar refractivity (Wildman–Crippen MR) is 67.9 cm³/mol. The minimum Gasteiger partial charge on any atom is -0.348 e. The molecule has 0 atom stereocenters. The lowest BCUT2D eigenvalue weighted by molar-refractivity contribution is -0.384. The van der Waals surface area contributed by atoms with Crippen LogP contribution in [0.2, 0.25) is 5.28 Å². The third-order valence-electron chi connectivity index (χ3n) is 2.16. The van der Waals surface area contributed by atoms with Crippen molar-refractivity contribution >= 4 is 34.4 Å². The summed E-state index contributed by atoms with van der Waals surface area (Å²) in [4.78, 5) is 23.6. The molecule has 0 unspecified atom stereocenters. The first kappa shape index (κ1) is 12.7. The lowest BCUT2D eigenvalue weighted by Gasteiger charge is -2.16. The van der Waals surface area contributed by atoms with E-state index in [4.69, 9.17) is 11.6 Å². The van der Waals surface area contributed by atoms with Gasteiger partial charge in [0.1, 0.15) is 6.20 Å². The summed E-state index contributed by atoms with van der Waals surface area (Å²) in [6.07, 6.45) is 1.10. The Hall–Kier alpha value is -1.80. The number of halogens is 1. The van der Waals surface area contributed by atoms with Gasteiger partial charge in [0.15, 0.2) is 0 Å². The van der Waals surface area contributed by atoms with Crippen LogP contribution in [0.3, 0.4) is 0 Å². The molecule has 0 aliphatic heterocycles. The number of nitro groups is 1. The minimum atomic E-state index is -0.538. The molecule has 2 heterocycles. The van der Waals surface area contributed by atoms with Crippen molar-refractivity contribution in [2.75, 3.05) is 11.9 Å². The molecule has 0 aliphatic rings. The third kappa shape index (κ3) is 2.71. The van der Waals surface area contributed by atoms with Crippen molar-refractivity contribution < 1.29 is 4.92 Å². The first-order valence-corrected chi connectivity index (χ1v) is 6.15. The molecule has 9 heteroatoms. The molecule has 0 saturated carbocycles. The number of hydrogen-bond acceptors (Lipinski definition) is 7. The average Bonchev–Trinajstić information content (AvgIpc) is 2.81. The molecule has 94 valence electrons. The first-order chi connectivity index (χ1) is 8.58. The van der Waals surface area contributed by atoms with E-state index in [1.54, 1.807) is 17.5 Å². The lowest BCUT2D eigenvalue weighted by Crippen LogP contribution is -2.19. The Morgan fingerprint density at radius 2 is 2.33 bits per heavy atom. The van der Waals surface area contributed by atoms with Gasteiger partial charge in [0, 0.05) is 12.4 Å². The van der Waals surface area contributed by atoms with Crippen LogP contribution in [0.4, 0.5) is 11.5 Å². The summed E-state index contributed by atoms with van der Waals surface area (Å²) in [6, 6.07) is 0. The van der Waals surface area contributed by atoms with Gasteiger partial charge in [0.2, 0.25) is 11.1 Å². The normalized spacial score (nSPS) is 10.3. The van der Waals surface area contributed by atoms with E-state index in [1.807, 2.05) is 5.38 Å². The standard InChI is InChI=1S/C9H8ClN5O2S/c1-14(3-6-4-18-5-12-6)8-7(15(16)17)2-11-9(10)13-8/h2,4-5H,3H2,1H3. The van der Waals surface area contributed by atoms with Crippen molar-refractivity contribution in [3.63, 3.8) is 0 Å². The fraction of sp³-hybridized carbons (Fsp3) is 0.222. The zero-order chi connectivity index (χ0) is 13.1. The van der Waals surface area contributed by atoms with Crippen LogP contribution in [0.25, 0.3) is 0 Å². The summed E-state index contributed by atoms with van der Waals surface area (Å²) in [5.41, 5.74) is 2.33. The number of anilines is 1. The molecule has 7 nitrogen and oxygen atoms in total. The van der Waals surface area contributed by atoms with Crippen molar-refractivity contribution in [3.8, 4) is 0 Å². The maximum absolute atomic E-state index is 10.9. The lowest BCUT2D eigenvalue weighted by atomic mass is 10.4. The second-order valence-corrected chi connectivity index (χ2v) is 4.50. The van der Waals surface area contributed by atoms with Crippen molar-refractivity contribution in [3.05, 3.63) is 38.2 Å². The first-order valence-electron chi connectivity index (χ1n) is 4.83. The number of thiazole rings is 1. The van der Waals surface area contributed by atoms with E-state index in [9.17, 15) is 10.1 Å². The second kappa shape index (κ2) is 5.23. The van der Waals surface area contributed by atoms with E-state index in [0.717, 1.165) is 11.9 Å². The monoisotopic (exact) mass is 285 g/mol. The number of aromatic nitrogens is 3. The molecule has 0 aliphatic carbocycles. The maximum atomic E-state index is 10.9. The van der Waals surface area contributed by atoms with Crippen LogP contribution in [0.15, 0.2) is 17.1 Å². The fourth-order valence-electron chi connectivity index (χ4n) is 1.39. The topological polar surface area (TPSA) is 85.0 Å². The van der Waals surface area contributed by atoms with Gasteiger partial charge in [-0.15, -0.1) is 11.3 Å². The highest BCUT2D eigenvalue weighted by atomic mass is 35.5. The minimum absolute atomic E-state index is 0.0271. The molecule has 0 bridgehead atoms. The highest BCUT2D eigenvalue weighted by Crippen LogP contribution is 2.26. The van der Waals surface area contributed by atoms with Gasteiger partial charge in [-0.2, -0.15) is 4.98 Å². The van der Waals surface area contributed by atoms with Crippen LogP contribution in [-0.4, -0.2) is 26.9 Å². The van der Waals surface area contributed by atoms with Crippen LogP contribution in [-0.2, 0) is 6.54 Å². The largest absolute Gasteiger partial charge is 0.348 e. The molecule has 0 spiro atoms. The molecular formula is C9H8ClN5O2S. The average molecular weight is 286 g/mol. The van der Waals surface area contributed by atoms with Crippen LogP contribution in [0, 0.1) is 10.1 Å². The smallest absolute Gasteiger partial charge is 0.329 e. The maximum Gasteiger partial charge on any atom is 0.329 e.